The lowest BCUT2D eigenvalue weighted by Gasteiger charge is -2.24. The normalized spacial score (nSPS) is 20.3. The van der Waals surface area contributed by atoms with Crippen LogP contribution in [0.25, 0.3) is 0 Å². The Bertz CT molecular complexity index is 436. The van der Waals surface area contributed by atoms with Gasteiger partial charge in [0.1, 0.15) is 5.82 Å². The Morgan fingerprint density at radius 2 is 2.32 bits per heavy atom. The summed E-state index contributed by atoms with van der Waals surface area (Å²) in [5.74, 6) is 0.226. The molecule has 1 aliphatic rings. The molecule has 2 rings (SSSR count). The standard InChI is InChI=1S/C11H13ClF3N3O/c12-9-3-7(11(13,14)15)4-17-10(9)18-6-8-5-16-1-2-19-8/h3-4,8,16H,1-2,5-6H2,(H,17,18). The maximum Gasteiger partial charge on any atom is 0.417 e. The number of aromatic nitrogens is 1. The summed E-state index contributed by atoms with van der Waals surface area (Å²) in [6, 6.07) is 0.858. The van der Waals surface area contributed by atoms with Crippen molar-refractivity contribution in [1.82, 2.24) is 10.3 Å². The van der Waals surface area contributed by atoms with Crippen molar-refractivity contribution in [3.63, 3.8) is 0 Å². The molecule has 1 fully saturated rings. The van der Waals surface area contributed by atoms with Gasteiger partial charge in [0.05, 0.1) is 23.3 Å². The summed E-state index contributed by atoms with van der Waals surface area (Å²) >= 11 is 5.77. The van der Waals surface area contributed by atoms with E-state index in [2.05, 4.69) is 15.6 Å². The quantitative estimate of drug-likeness (QED) is 0.897. The van der Waals surface area contributed by atoms with Gasteiger partial charge in [-0.2, -0.15) is 13.2 Å². The second kappa shape index (κ2) is 5.94. The molecule has 0 aromatic carbocycles. The molecule has 1 unspecified atom stereocenters. The fraction of sp³-hybridized carbons (Fsp3) is 0.545. The first-order valence-electron chi connectivity index (χ1n) is 5.76. The van der Waals surface area contributed by atoms with E-state index in [4.69, 9.17) is 16.3 Å². The highest BCUT2D eigenvalue weighted by Crippen LogP contribution is 2.32. The highest BCUT2D eigenvalue weighted by atomic mass is 35.5. The smallest absolute Gasteiger partial charge is 0.374 e. The minimum atomic E-state index is -4.44. The van der Waals surface area contributed by atoms with E-state index < -0.39 is 11.7 Å². The second-order valence-corrected chi connectivity index (χ2v) is 4.54. The summed E-state index contributed by atoms with van der Waals surface area (Å²) in [4.78, 5) is 3.69. The Balaban J connectivity index is 1.97. The Kier molecular flexibility index (Phi) is 4.49. The number of halogens is 4. The second-order valence-electron chi connectivity index (χ2n) is 4.13. The molecule has 0 spiro atoms. The molecule has 0 aliphatic carbocycles. The molecule has 1 aliphatic heterocycles. The molecule has 1 aromatic heterocycles. The number of anilines is 1. The lowest BCUT2D eigenvalue weighted by molar-refractivity contribution is -0.137. The number of nitrogens with one attached hydrogen (secondary N) is 2. The zero-order valence-corrected chi connectivity index (χ0v) is 10.7. The molecule has 19 heavy (non-hydrogen) atoms. The lowest BCUT2D eigenvalue weighted by atomic mass is 10.2. The summed E-state index contributed by atoms with van der Waals surface area (Å²) in [6.07, 6.45) is -3.73. The van der Waals surface area contributed by atoms with Gasteiger partial charge in [0.2, 0.25) is 0 Å². The van der Waals surface area contributed by atoms with Crippen LogP contribution in [0, 0.1) is 0 Å². The molecule has 1 atom stereocenters. The predicted octanol–water partition coefficient (Wildman–Crippen LogP) is 2.15. The predicted molar refractivity (Wildman–Crippen MR) is 65.3 cm³/mol. The van der Waals surface area contributed by atoms with Crippen LogP contribution < -0.4 is 10.6 Å². The molecule has 1 aromatic rings. The molecule has 106 valence electrons. The molecule has 0 bridgehead atoms. The van der Waals surface area contributed by atoms with E-state index in [-0.39, 0.29) is 16.9 Å². The summed E-state index contributed by atoms with van der Waals surface area (Å²) in [5.41, 5.74) is -0.862. The van der Waals surface area contributed by atoms with Gasteiger partial charge in [-0.3, -0.25) is 0 Å². The van der Waals surface area contributed by atoms with Crippen LogP contribution >= 0.6 is 11.6 Å². The van der Waals surface area contributed by atoms with Crippen LogP contribution in [0.3, 0.4) is 0 Å². The molecule has 0 amide bonds. The number of alkyl halides is 3. The summed E-state index contributed by atoms with van der Waals surface area (Å²) in [6.45, 7) is 2.53. The van der Waals surface area contributed by atoms with Crippen LogP contribution in [0.2, 0.25) is 5.02 Å². The van der Waals surface area contributed by atoms with Crippen LogP contribution in [0.1, 0.15) is 5.56 Å². The van der Waals surface area contributed by atoms with Gasteiger partial charge in [-0.15, -0.1) is 0 Å². The number of ether oxygens (including phenoxy) is 1. The van der Waals surface area contributed by atoms with Crippen molar-refractivity contribution < 1.29 is 17.9 Å². The third kappa shape index (κ3) is 3.95. The Morgan fingerprint density at radius 3 is 2.89 bits per heavy atom. The summed E-state index contributed by atoms with van der Waals surface area (Å²) in [5, 5.41) is 5.98. The van der Waals surface area contributed by atoms with Crippen molar-refractivity contribution in [3.8, 4) is 0 Å². The maximum absolute atomic E-state index is 12.4. The van der Waals surface area contributed by atoms with Crippen LogP contribution in [0.15, 0.2) is 12.3 Å². The molecule has 0 saturated carbocycles. The minimum Gasteiger partial charge on any atom is -0.374 e. The molecule has 2 N–H and O–H groups in total. The third-order valence-electron chi connectivity index (χ3n) is 2.67. The van der Waals surface area contributed by atoms with E-state index in [1.165, 1.54) is 0 Å². The van der Waals surface area contributed by atoms with Crippen LogP contribution in [-0.2, 0) is 10.9 Å². The monoisotopic (exact) mass is 295 g/mol. The highest BCUT2D eigenvalue weighted by molar-refractivity contribution is 6.32. The first-order valence-corrected chi connectivity index (χ1v) is 6.13. The van der Waals surface area contributed by atoms with E-state index in [0.29, 0.717) is 19.7 Å². The number of pyridine rings is 1. The highest BCUT2D eigenvalue weighted by Gasteiger charge is 2.31. The average Bonchev–Trinajstić information content (AvgIpc) is 2.37. The number of nitrogens with zero attached hydrogens (tertiary/aromatic N) is 1. The van der Waals surface area contributed by atoms with Gasteiger partial charge < -0.3 is 15.4 Å². The lowest BCUT2D eigenvalue weighted by Crippen LogP contribution is -2.42. The van der Waals surface area contributed by atoms with E-state index >= 15 is 0 Å². The average molecular weight is 296 g/mol. The van der Waals surface area contributed by atoms with Crippen molar-refractivity contribution in [1.29, 1.82) is 0 Å². The number of rotatable bonds is 3. The van der Waals surface area contributed by atoms with Crippen molar-refractivity contribution in [2.24, 2.45) is 0 Å². The number of morpholine rings is 1. The molecule has 0 radical (unpaired) electrons. The summed E-state index contributed by atoms with van der Waals surface area (Å²) < 4.78 is 42.7. The van der Waals surface area contributed by atoms with E-state index in [1.54, 1.807) is 0 Å². The van der Waals surface area contributed by atoms with Gasteiger partial charge in [-0.25, -0.2) is 4.98 Å². The zero-order chi connectivity index (χ0) is 13.9. The molecule has 2 heterocycles. The van der Waals surface area contributed by atoms with Gasteiger partial charge in [0, 0.05) is 25.8 Å². The molecule has 4 nitrogen and oxygen atoms in total. The van der Waals surface area contributed by atoms with Crippen LogP contribution in [0.5, 0.6) is 0 Å². The van der Waals surface area contributed by atoms with Crippen molar-refractivity contribution in [3.05, 3.63) is 22.8 Å². The van der Waals surface area contributed by atoms with E-state index in [9.17, 15) is 13.2 Å². The summed E-state index contributed by atoms with van der Waals surface area (Å²) in [7, 11) is 0. The third-order valence-corrected chi connectivity index (χ3v) is 2.96. The zero-order valence-electron chi connectivity index (χ0n) is 9.93. The Labute approximate surface area is 113 Å². The minimum absolute atomic E-state index is 0.0473. The van der Waals surface area contributed by atoms with E-state index in [0.717, 1.165) is 18.8 Å². The Morgan fingerprint density at radius 1 is 1.53 bits per heavy atom. The fourth-order valence-corrected chi connectivity index (χ4v) is 1.92. The molecular weight excluding hydrogens is 283 g/mol. The van der Waals surface area contributed by atoms with Crippen molar-refractivity contribution in [2.75, 3.05) is 31.6 Å². The first-order chi connectivity index (χ1) is 8.97. The van der Waals surface area contributed by atoms with Crippen molar-refractivity contribution in [2.45, 2.75) is 12.3 Å². The molecular formula is C11H13ClF3N3O. The van der Waals surface area contributed by atoms with Crippen LogP contribution in [-0.4, -0.2) is 37.3 Å². The topological polar surface area (TPSA) is 46.2 Å². The van der Waals surface area contributed by atoms with E-state index in [1.807, 2.05) is 0 Å². The van der Waals surface area contributed by atoms with Crippen molar-refractivity contribution >= 4 is 17.4 Å². The van der Waals surface area contributed by atoms with Gasteiger partial charge in [-0.05, 0) is 6.07 Å². The molecule has 1 saturated heterocycles. The number of hydrogen-bond acceptors (Lipinski definition) is 4. The van der Waals surface area contributed by atoms with Gasteiger partial charge in [0.25, 0.3) is 0 Å². The SMILES string of the molecule is FC(F)(F)c1cnc(NCC2CNCCO2)c(Cl)c1. The first kappa shape index (κ1) is 14.4. The fourth-order valence-electron chi connectivity index (χ4n) is 1.68. The Hall–Kier alpha value is -1.05. The maximum atomic E-state index is 12.4. The largest absolute Gasteiger partial charge is 0.417 e. The van der Waals surface area contributed by atoms with Gasteiger partial charge >= 0.3 is 6.18 Å². The van der Waals surface area contributed by atoms with Gasteiger partial charge in [-0.1, -0.05) is 11.6 Å². The van der Waals surface area contributed by atoms with Crippen LogP contribution in [0.4, 0.5) is 19.0 Å². The number of hydrogen-bond donors (Lipinski definition) is 2. The molecule has 8 heteroatoms. The van der Waals surface area contributed by atoms with Gasteiger partial charge in [0.15, 0.2) is 0 Å².